The van der Waals surface area contributed by atoms with E-state index in [4.69, 9.17) is 0 Å². The number of fused-ring (bicyclic) bond motifs is 1. The van der Waals surface area contributed by atoms with Gasteiger partial charge in [0.2, 0.25) is 0 Å². The second kappa shape index (κ2) is 2.83. The fourth-order valence-corrected chi connectivity index (χ4v) is 2.86. The van der Waals surface area contributed by atoms with Crippen LogP contribution in [0, 0.1) is 5.92 Å². The summed E-state index contributed by atoms with van der Waals surface area (Å²) in [7, 11) is 0. The average molecular weight is 188 g/mol. The van der Waals surface area contributed by atoms with Gasteiger partial charge in [0.1, 0.15) is 0 Å². The van der Waals surface area contributed by atoms with Crippen molar-refractivity contribution < 1.29 is 5.11 Å². The van der Waals surface area contributed by atoms with E-state index in [1.807, 2.05) is 0 Å². The van der Waals surface area contributed by atoms with Crippen molar-refractivity contribution in [2.24, 2.45) is 5.92 Å². The summed E-state index contributed by atoms with van der Waals surface area (Å²) in [6.45, 7) is 0. The Balaban J connectivity index is 1.89. The predicted octanol–water partition coefficient (Wildman–Crippen LogP) is 2.32. The van der Waals surface area contributed by atoms with Crippen LogP contribution < -0.4 is 0 Å². The number of benzene rings is 1. The van der Waals surface area contributed by atoms with E-state index in [9.17, 15) is 5.11 Å². The van der Waals surface area contributed by atoms with E-state index in [1.54, 1.807) is 0 Å². The van der Waals surface area contributed by atoms with E-state index >= 15 is 0 Å². The fraction of sp³-hybridized carbons (Fsp3) is 0.538. The monoisotopic (exact) mass is 188 g/mol. The molecule has 0 bridgehead atoms. The molecule has 1 heteroatoms. The fourth-order valence-electron chi connectivity index (χ4n) is 2.86. The van der Waals surface area contributed by atoms with Crippen molar-refractivity contribution in [3.05, 3.63) is 35.4 Å². The molecule has 0 amide bonds. The van der Waals surface area contributed by atoms with Crippen LogP contribution in [-0.2, 0) is 12.8 Å². The Morgan fingerprint density at radius 2 is 1.64 bits per heavy atom. The van der Waals surface area contributed by atoms with Crippen LogP contribution in [0.1, 0.15) is 30.4 Å². The van der Waals surface area contributed by atoms with Gasteiger partial charge >= 0.3 is 0 Å². The molecule has 14 heavy (non-hydrogen) atoms. The van der Waals surface area contributed by atoms with Gasteiger partial charge in [0.25, 0.3) is 0 Å². The molecular formula is C13H16O. The highest BCUT2D eigenvalue weighted by molar-refractivity contribution is 5.35. The lowest BCUT2D eigenvalue weighted by Gasteiger charge is -2.38. The van der Waals surface area contributed by atoms with Crippen LogP contribution in [0.2, 0.25) is 0 Å². The molecule has 1 nitrogen and oxygen atoms in total. The molecule has 3 rings (SSSR count). The van der Waals surface area contributed by atoms with Crippen LogP contribution in [0.3, 0.4) is 0 Å². The van der Waals surface area contributed by atoms with E-state index in [0.717, 1.165) is 12.8 Å². The van der Waals surface area contributed by atoms with Gasteiger partial charge in [-0.1, -0.05) is 30.7 Å². The maximum Gasteiger partial charge on any atom is 0.0756 e. The minimum atomic E-state index is -0.401. The van der Waals surface area contributed by atoms with Crippen molar-refractivity contribution in [1.82, 2.24) is 0 Å². The van der Waals surface area contributed by atoms with E-state index in [0.29, 0.717) is 5.92 Å². The highest BCUT2D eigenvalue weighted by atomic mass is 16.3. The summed E-state index contributed by atoms with van der Waals surface area (Å²) in [5, 5.41) is 10.5. The molecule has 0 radical (unpaired) electrons. The van der Waals surface area contributed by atoms with Crippen molar-refractivity contribution in [2.45, 2.75) is 37.7 Å². The predicted molar refractivity (Wildman–Crippen MR) is 56.1 cm³/mol. The number of rotatable bonds is 1. The van der Waals surface area contributed by atoms with E-state index in [1.165, 1.54) is 30.4 Å². The summed E-state index contributed by atoms with van der Waals surface area (Å²) in [6.07, 6.45) is 5.53. The molecule has 0 heterocycles. The molecule has 0 aromatic heterocycles. The van der Waals surface area contributed by atoms with E-state index in [-0.39, 0.29) is 0 Å². The third kappa shape index (κ3) is 1.12. The molecule has 0 unspecified atom stereocenters. The molecular weight excluding hydrogens is 172 g/mol. The maximum absolute atomic E-state index is 10.5. The minimum absolute atomic E-state index is 0.401. The smallest absolute Gasteiger partial charge is 0.0756 e. The van der Waals surface area contributed by atoms with Gasteiger partial charge in [0.05, 0.1) is 5.60 Å². The SMILES string of the molecule is OC1(C2CCC2)Cc2ccccc2C1. The van der Waals surface area contributed by atoms with Gasteiger partial charge in [-0.05, 0) is 29.9 Å². The standard InChI is InChI=1S/C13H16O/c14-13(12-6-3-7-12)8-10-4-1-2-5-11(10)9-13/h1-2,4-5,12,14H,3,6-9H2. The summed E-state index contributed by atoms with van der Waals surface area (Å²) < 4.78 is 0. The van der Waals surface area contributed by atoms with Crippen molar-refractivity contribution >= 4 is 0 Å². The molecule has 2 aliphatic rings. The zero-order valence-electron chi connectivity index (χ0n) is 8.37. The Kier molecular flexibility index (Phi) is 1.72. The lowest BCUT2D eigenvalue weighted by atomic mass is 9.71. The average Bonchev–Trinajstić information content (AvgIpc) is 2.36. The molecule has 1 aromatic rings. The first-order chi connectivity index (χ1) is 6.78. The molecule has 0 aliphatic heterocycles. The van der Waals surface area contributed by atoms with E-state index in [2.05, 4.69) is 24.3 Å². The van der Waals surface area contributed by atoms with Crippen molar-refractivity contribution in [3.63, 3.8) is 0 Å². The second-order valence-electron chi connectivity index (χ2n) is 4.85. The number of hydrogen-bond acceptors (Lipinski definition) is 1. The minimum Gasteiger partial charge on any atom is -0.389 e. The number of hydrogen-bond donors (Lipinski definition) is 1. The summed E-state index contributed by atoms with van der Waals surface area (Å²) in [6, 6.07) is 8.47. The summed E-state index contributed by atoms with van der Waals surface area (Å²) in [4.78, 5) is 0. The Morgan fingerprint density at radius 1 is 1.07 bits per heavy atom. The Bertz CT molecular complexity index is 327. The van der Waals surface area contributed by atoms with Crippen LogP contribution in [0.5, 0.6) is 0 Å². The molecule has 2 aliphatic carbocycles. The largest absolute Gasteiger partial charge is 0.389 e. The Hall–Kier alpha value is -0.820. The van der Waals surface area contributed by atoms with Gasteiger partial charge in [0, 0.05) is 12.8 Å². The molecule has 1 N–H and O–H groups in total. The Labute approximate surface area is 84.8 Å². The summed E-state index contributed by atoms with van der Waals surface area (Å²) >= 11 is 0. The lowest BCUT2D eigenvalue weighted by Crippen LogP contribution is -2.42. The van der Waals surface area contributed by atoms with Gasteiger partial charge in [-0.3, -0.25) is 0 Å². The molecule has 74 valence electrons. The molecule has 0 atom stereocenters. The maximum atomic E-state index is 10.5. The first-order valence-electron chi connectivity index (χ1n) is 5.57. The van der Waals surface area contributed by atoms with Gasteiger partial charge in [-0.2, -0.15) is 0 Å². The summed E-state index contributed by atoms with van der Waals surface area (Å²) in [5.74, 6) is 0.565. The third-order valence-electron chi connectivity index (χ3n) is 3.98. The van der Waals surface area contributed by atoms with E-state index < -0.39 is 5.60 Å². The molecule has 0 saturated heterocycles. The van der Waals surface area contributed by atoms with Crippen LogP contribution in [0.4, 0.5) is 0 Å². The topological polar surface area (TPSA) is 20.2 Å². The van der Waals surface area contributed by atoms with Crippen molar-refractivity contribution in [1.29, 1.82) is 0 Å². The first kappa shape index (κ1) is 8.49. The van der Waals surface area contributed by atoms with Gasteiger partial charge < -0.3 is 5.11 Å². The highest BCUT2D eigenvalue weighted by Crippen LogP contribution is 2.44. The first-order valence-corrected chi connectivity index (χ1v) is 5.57. The molecule has 0 spiro atoms. The number of aliphatic hydroxyl groups is 1. The van der Waals surface area contributed by atoms with Gasteiger partial charge in [-0.25, -0.2) is 0 Å². The lowest BCUT2D eigenvalue weighted by molar-refractivity contribution is -0.0414. The van der Waals surface area contributed by atoms with Crippen molar-refractivity contribution in [2.75, 3.05) is 0 Å². The van der Waals surface area contributed by atoms with Gasteiger partial charge in [0.15, 0.2) is 0 Å². The highest BCUT2D eigenvalue weighted by Gasteiger charge is 2.44. The summed E-state index contributed by atoms with van der Waals surface area (Å²) in [5.41, 5.74) is 2.32. The van der Waals surface area contributed by atoms with Crippen LogP contribution in [0.15, 0.2) is 24.3 Å². The molecule has 1 aromatic carbocycles. The quantitative estimate of drug-likeness (QED) is 0.717. The normalized spacial score (nSPS) is 24.4. The zero-order chi connectivity index (χ0) is 9.60. The second-order valence-corrected chi connectivity index (χ2v) is 4.85. The third-order valence-corrected chi connectivity index (χ3v) is 3.98. The van der Waals surface area contributed by atoms with Crippen molar-refractivity contribution in [3.8, 4) is 0 Å². The van der Waals surface area contributed by atoms with Crippen LogP contribution in [0.25, 0.3) is 0 Å². The zero-order valence-corrected chi connectivity index (χ0v) is 8.37. The molecule has 1 saturated carbocycles. The van der Waals surface area contributed by atoms with Crippen LogP contribution in [-0.4, -0.2) is 10.7 Å². The van der Waals surface area contributed by atoms with Crippen LogP contribution >= 0.6 is 0 Å². The Morgan fingerprint density at radius 3 is 2.07 bits per heavy atom. The van der Waals surface area contributed by atoms with Gasteiger partial charge in [-0.15, -0.1) is 0 Å². The molecule has 1 fully saturated rings.